The lowest BCUT2D eigenvalue weighted by Crippen LogP contribution is -2.18. The Morgan fingerprint density at radius 1 is 1.57 bits per heavy atom. The fraction of sp³-hybridized carbons (Fsp3) is 0.500. The molecule has 0 aliphatic heterocycles. The van der Waals surface area contributed by atoms with Crippen LogP contribution in [0.5, 0.6) is 0 Å². The summed E-state index contributed by atoms with van der Waals surface area (Å²) in [4.78, 5) is 0. The third-order valence-electron chi connectivity index (χ3n) is 2.20. The van der Waals surface area contributed by atoms with Gasteiger partial charge in [-0.25, -0.2) is 0 Å². The van der Waals surface area contributed by atoms with Gasteiger partial charge >= 0.3 is 0 Å². The summed E-state index contributed by atoms with van der Waals surface area (Å²) in [7, 11) is 0. The van der Waals surface area contributed by atoms with Crippen LogP contribution in [0.3, 0.4) is 0 Å². The molecule has 0 aliphatic carbocycles. The molecule has 0 saturated carbocycles. The number of hydrogen-bond acceptors (Lipinski definition) is 2. The van der Waals surface area contributed by atoms with Crippen LogP contribution in [0.1, 0.15) is 31.9 Å². The summed E-state index contributed by atoms with van der Waals surface area (Å²) in [5.41, 5.74) is 6.30. The lowest BCUT2D eigenvalue weighted by atomic mass is 10.2. The molecule has 0 bridgehead atoms. The van der Waals surface area contributed by atoms with Gasteiger partial charge in [0.05, 0.1) is 5.69 Å². The Hall–Kier alpha value is -1.45. The monoisotopic (exact) mass is 195 g/mol. The van der Waals surface area contributed by atoms with Gasteiger partial charge < -0.3 is 15.5 Å². The molecule has 0 unspecified atom stereocenters. The Bertz CT molecular complexity index is 304. The molecule has 4 nitrogen and oxygen atoms in total. The molecule has 0 aromatic carbocycles. The predicted octanol–water partition coefficient (Wildman–Crippen LogP) is 1.77. The second-order valence-electron chi connectivity index (χ2n) is 3.28. The predicted molar refractivity (Wildman–Crippen MR) is 56.5 cm³/mol. The van der Waals surface area contributed by atoms with E-state index in [1.807, 2.05) is 22.9 Å². The van der Waals surface area contributed by atoms with Crippen LogP contribution >= 0.6 is 0 Å². The van der Waals surface area contributed by atoms with E-state index < -0.39 is 0 Å². The largest absolute Gasteiger partial charge is 0.409 e. The van der Waals surface area contributed by atoms with Gasteiger partial charge in [-0.05, 0) is 18.6 Å². The minimum atomic E-state index is 0.173. The van der Waals surface area contributed by atoms with Crippen LogP contribution in [-0.4, -0.2) is 15.6 Å². The molecule has 0 atom stereocenters. The number of nitrogens with two attached hydrogens (primary N) is 1. The lowest BCUT2D eigenvalue weighted by molar-refractivity contribution is 0.318. The maximum atomic E-state index is 8.55. The third kappa shape index (κ3) is 2.52. The first kappa shape index (κ1) is 10.6. The van der Waals surface area contributed by atoms with Gasteiger partial charge in [-0.15, -0.1) is 0 Å². The SMILES string of the molecule is CCCCCn1cccc1/C(N)=N/O. The summed E-state index contributed by atoms with van der Waals surface area (Å²) >= 11 is 0. The van der Waals surface area contributed by atoms with Crippen molar-refractivity contribution in [1.82, 2.24) is 4.57 Å². The highest BCUT2D eigenvalue weighted by Crippen LogP contribution is 2.05. The second-order valence-corrected chi connectivity index (χ2v) is 3.28. The first-order valence-corrected chi connectivity index (χ1v) is 4.92. The van der Waals surface area contributed by atoms with Gasteiger partial charge in [0, 0.05) is 12.7 Å². The van der Waals surface area contributed by atoms with Crippen molar-refractivity contribution in [2.24, 2.45) is 10.9 Å². The number of hydrogen-bond donors (Lipinski definition) is 2. The van der Waals surface area contributed by atoms with E-state index in [0.29, 0.717) is 0 Å². The van der Waals surface area contributed by atoms with Crippen molar-refractivity contribution >= 4 is 5.84 Å². The Labute approximate surface area is 84.0 Å². The number of oxime groups is 1. The minimum absolute atomic E-state index is 0.173. The summed E-state index contributed by atoms with van der Waals surface area (Å²) in [6, 6.07) is 3.75. The molecule has 78 valence electrons. The topological polar surface area (TPSA) is 63.5 Å². The smallest absolute Gasteiger partial charge is 0.186 e. The maximum absolute atomic E-state index is 8.55. The summed E-state index contributed by atoms with van der Waals surface area (Å²) in [6.45, 7) is 3.09. The fourth-order valence-electron chi connectivity index (χ4n) is 1.42. The van der Waals surface area contributed by atoms with Crippen molar-refractivity contribution in [2.45, 2.75) is 32.7 Å². The van der Waals surface area contributed by atoms with E-state index in [4.69, 9.17) is 10.9 Å². The van der Waals surface area contributed by atoms with Crippen LogP contribution in [0.15, 0.2) is 23.5 Å². The van der Waals surface area contributed by atoms with Crippen molar-refractivity contribution < 1.29 is 5.21 Å². The Kier molecular flexibility index (Phi) is 4.04. The van der Waals surface area contributed by atoms with Gasteiger partial charge in [-0.3, -0.25) is 0 Å². The first-order chi connectivity index (χ1) is 6.79. The Balaban J connectivity index is 2.63. The number of amidine groups is 1. The molecule has 1 heterocycles. The second kappa shape index (κ2) is 5.32. The van der Waals surface area contributed by atoms with E-state index in [9.17, 15) is 0 Å². The fourth-order valence-corrected chi connectivity index (χ4v) is 1.42. The average Bonchev–Trinajstić information content (AvgIpc) is 2.65. The average molecular weight is 195 g/mol. The number of unbranched alkanes of at least 4 members (excludes halogenated alkanes) is 2. The summed E-state index contributed by atoms with van der Waals surface area (Å²) in [5, 5.41) is 11.5. The van der Waals surface area contributed by atoms with Crippen molar-refractivity contribution in [1.29, 1.82) is 0 Å². The Morgan fingerprint density at radius 3 is 3.00 bits per heavy atom. The normalized spacial score (nSPS) is 11.9. The Morgan fingerprint density at radius 2 is 2.36 bits per heavy atom. The van der Waals surface area contributed by atoms with Crippen LogP contribution in [0.2, 0.25) is 0 Å². The molecule has 14 heavy (non-hydrogen) atoms. The van der Waals surface area contributed by atoms with Gasteiger partial charge in [0.25, 0.3) is 0 Å². The first-order valence-electron chi connectivity index (χ1n) is 4.92. The van der Waals surface area contributed by atoms with Crippen LogP contribution in [-0.2, 0) is 6.54 Å². The van der Waals surface area contributed by atoms with E-state index in [0.717, 1.165) is 18.7 Å². The van der Waals surface area contributed by atoms with Gasteiger partial charge in [-0.2, -0.15) is 0 Å². The standard InChI is InChI=1S/C10H17N3O/c1-2-3-4-7-13-8-5-6-9(13)10(11)12-14/h5-6,8,14H,2-4,7H2,1H3,(H2,11,12). The lowest BCUT2D eigenvalue weighted by Gasteiger charge is -2.06. The number of aryl methyl sites for hydroxylation is 1. The van der Waals surface area contributed by atoms with E-state index in [2.05, 4.69) is 12.1 Å². The molecule has 1 aromatic rings. The number of rotatable bonds is 5. The molecule has 0 amide bonds. The van der Waals surface area contributed by atoms with Gasteiger partial charge in [-0.1, -0.05) is 24.9 Å². The highest BCUT2D eigenvalue weighted by atomic mass is 16.4. The summed E-state index contributed by atoms with van der Waals surface area (Å²) in [5.74, 6) is 0.173. The molecular weight excluding hydrogens is 178 g/mol. The van der Waals surface area contributed by atoms with Crippen molar-refractivity contribution in [3.05, 3.63) is 24.0 Å². The highest BCUT2D eigenvalue weighted by Gasteiger charge is 2.04. The molecule has 4 heteroatoms. The van der Waals surface area contributed by atoms with E-state index in [1.54, 1.807) is 0 Å². The molecule has 1 rings (SSSR count). The zero-order valence-corrected chi connectivity index (χ0v) is 8.48. The molecule has 3 N–H and O–H groups in total. The molecular formula is C10H17N3O. The van der Waals surface area contributed by atoms with Crippen LogP contribution in [0.25, 0.3) is 0 Å². The van der Waals surface area contributed by atoms with Crippen molar-refractivity contribution in [3.63, 3.8) is 0 Å². The molecule has 0 spiro atoms. The third-order valence-corrected chi connectivity index (χ3v) is 2.20. The molecule has 0 fully saturated rings. The van der Waals surface area contributed by atoms with Crippen LogP contribution < -0.4 is 5.73 Å². The maximum Gasteiger partial charge on any atom is 0.186 e. The van der Waals surface area contributed by atoms with E-state index in [-0.39, 0.29) is 5.84 Å². The van der Waals surface area contributed by atoms with Crippen molar-refractivity contribution in [3.8, 4) is 0 Å². The van der Waals surface area contributed by atoms with Gasteiger partial charge in [0.1, 0.15) is 0 Å². The quantitative estimate of drug-likeness (QED) is 0.247. The zero-order valence-electron chi connectivity index (χ0n) is 8.48. The van der Waals surface area contributed by atoms with Crippen LogP contribution in [0, 0.1) is 0 Å². The number of aromatic nitrogens is 1. The summed E-state index contributed by atoms with van der Waals surface area (Å²) < 4.78 is 2.00. The zero-order chi connectivity index (χ0) is 10.4. The molecule has 0 radical (unpaired) electrons. The summed E-state index contributed by atoms with van der Waals surface area (Å²) in [6.07, 6.45) is 5.47. The van der Waals surface area contributed by atoms with E-state index >= 15 is 0 Å². The van der Waals surface area contributed by atoms with E-state index in [1.165, 1.54) is 12.8 Å². The van der Waals surface area contributed by atoms with Gasteiger partial charge in [0.15, 0.2) is 5.84 Å². The highest BCUT2D eigenvalue weighted by molar-refractivity contribution is 5.95. The minimum Gasteiger partial charge on any atom is -0.409 e. The molecule has 0 saturated heterocycles. The van der Waals surface area contributed by atoms with Crippen LogP contribution in [0.4, 0.5) is 0 Å². The van der Waals surface area contributed by atoms with Crippen molar-refractivity contribution in [2.75, 3.05) is 0 Å². The number of nitrogens with zero attached hydrogens (tertiary/aromatic N) is 2. The molecule has 1 aromatic heterocycles. The van der Waals surface area contributed by atoms with Gasteiger partial charge in [0.2, 0.25) is 0 Å². The molecule has 0 aliphatic rings.